The van der Waals surface area contributed by atoms with E-state index in [-0.39, 0.29) is 18.1 Å². The molecule has 1 amide bonds. The highest BCUT2D eigenvalue weighted by Crippen LogP contribution is 2.49. The van der Waals surface area contributed by atoms with Gasteiger partial charge in [-0.15, -0.1) is 0 Å². The molecule has 1 saturated heterocycles. The number of carboxylic acids is 2. The van der Waals surface area contributed by atoms with Crippen molar-refractivity contribution in [2.75, 3.05) is 37.7 Å². The number of para-hydroxylation sites is 1. The summed E-state index contributed by atoms with van der Waals surface area (Å²) in [6, 6.07) is 10.8. The van der Waals surface area contributed by atoms with Gasteiger partial charge in [0.15, 0.2) is 0 Å². The molecule has 2 aliphatic heterocycles. The molecule has 0 unspecified atom stereocenters. The Balaban J connectivity index is 0.000000454. The summed E-state index contributed by atoms with van der Waals surface area (Å²) in [5.74, 6) is -3.89. The fraction of sp³-hybridized carbons (Fsp3) is 0.286. The standard InChI is InChI=1S/C19H17F3N2O2S.C2H2O4/c20-19(21,22)13-5-6-17-15(11-13)24(14-3-1-2-4-16(14)27-17)18(25)12-23-7-9-26-10-8-23;3-1(4)2(5)6/h1-6,11H,7-10,12H2;(H,3,4)(H,5,6). The average molecular weight is 484 g/mol. The number of rotatable bonds is 2. The van der Waals surface area contributed by atoms with E-state index in [9.17, 15) is 18.0 Å². The molecule has 0 bridgehead atoms. The van der Waals surface area contributed by atoms with Crippen LogP contribution in [0.15, 0.2) is 52.3 Å². The Hall–Kier alpha value is -3.09. The fourth-order valence-corrected chi connectivity index (χ4v) is 4.26. The summed E-state index contributed by atoms with van der Waals surface area (Å²) in [5, 5.41) is 14.8. The molecule has 0 atom stereocenters. The SMILES string of the molecule is O=C(CN1CCOCC1)N1c2ccccc2Sc2ccc(C(F)(F)F)cc21.O=C(O)C(=O)O. The molecule has 0 saturated carbocycles. The lowest BCUT2D eigenvalue weighted by atomic mass is 10.1. The third kappa shape index (κ3) is 6.03. The van der Waals surface area contributed by atoms with E-state index in [1.165, 1.54) is 22.7 Å². The minimum Gasteiger partial charge on any atom is -0.473 e. The average Bonchev–Trinajstić information content (AvgIpc) is 2.77. The minimum absolute atomic E-state index is 0.137. The Morgan fingerprint density at radius 1 is 0.939 bits per heavy atom. The van der Waals surface area contributed by atoms with Gasteiger partial charge in [0.1, 0.15) is 0 Å². The lowest BCUT2D eigenvalue weighted by molar-refractivity contribution is -0.159. The zero-order chi connectivity index (χ0) is 24.2. The first-order valence-electron chi connectivity index (χ1n) is 9.65. The van der Waals surface area contributed by atoms with Crippen molar-refractivity contribution < 1.29 is 42.5 Å². The summed E-state index contributed by atoms with van der Waals surface area (Å²) in [7, 11) is 0. The predicted molar refractivity (Wildman–Crippen MR) is 112 cm³/mol. The molecule has 1 fully saturated rings. The normalized spacial score (nSPS) is 15.5. The van der Waals surface area contributed by atoms with Crippen LogP contribution in [0.4, 0.5) is 24.5 Å². The third-order valence-corrected chi connectivity index (χ3v) is 5.88. The summed E-state index contributed by atoms with van der Waals surface area (Å²) in [6.07, 6.45) is -4.46. The number of amides is 1. The van der Waals surface area contributed by atoms with Crippen LogP contribution in [0.1, 0.15) is 5.56 Å². The van der Waals surface area contributed by atoms with E-state index in [1.54, 1.807) is 12.1 Å². The van der Waals surface area contributed by atoms with E-state index in [4.69, 9.17) is 24.5 Å². The first-order chi connectivity index (χ1) is 15.6. The fourth-order valence-electron chi connectivity index (χ4n) is 3.22. The molecule has 12 heteroatoms. The molecule has 2 aliphatic rings. The Morgan fingerprint density at radius 2 is 1.55 bits per heavy atom. The number of benzene rings is 2. The zero-order valence-electron chi connectivity index (χ0n) is 17.0. The number of halogens is 3. The van der Waals surface area contributed by atoms with Crippen molar-refractivity contribution in [3.63, 3.8) is 0 Å². The van der Waals surface area contributed by atoms with Crippen molar-refractivity contribution in [2.24, 2.45) is 0 Å². The number of carbonyl (C=O) groups is 3. The van der Waals surface area contributed by atoms with Crippen molar-refractivity contribution in [3.05, 3.63) is 48.0 Å². The number of nitrogens with zero attached hydrogens (tertiary/aromatic N) is 2. The van der Waals surface area contributed by atoms with Gasteiger partial charge in [-0.3, -0.25) is 14.6 Å². The van der Waals surface area contributed by atoms with Crippen LogP contribution >= 0.6 is 11.8 Å². The molecule has 176 valence electrons. The smallest absolute Gasteiger partial charge is 0.416 e. The van der Waals surface area contributed by atoms with Gasteiger partial charge < -0.3 is 14.9 Å². The van der Waals surface area contributed by atoms with E-state index in [0.29, 0.717) is 36.9 Å². The van der Waals surface area contributed by atoms with Gasteiger partial charge in [0.2, 0.25) is 5.91 Å². The molecular formula is C21H19F3N2O6S. The second-order valence-electron chi connectivity index (χ2n) is 6.98. The van der Waals surface area contributed by atoms with Gasteiger partial charge in [0.05, 0.1) is 36.7 Å². The van der Waals surface area contributed by atoms with Crippen LogP contribution < -0.4 is 4.90 Å². The Labute approximate surface area is 190 Å². The zero-order valence-corrected chi connectivity index (χ0v) is 17.9. The van der Waals surface area contributed by atoms with Crippen LogP contribution in [-0.2, 0) is 25.3 Å². The van der Waals surface area contributed by atoms with E-state index < -0.39 is 23.7 Å². The molecule has 33 heavy (non-hydrogen) atoms. The summed E-state index contributed by atoms with van der Waals surface area (Å²) >= 11 is 1.37. The first-order valence-corrected chi connectivity index (χ1v) is 10.5. The van der Waals surface area contributed by atoms with Gasteiger partial charge in [-0.25, -0.2) is 9.59 Å². The molecule has 8 nitrogen and oxygen atoms in total. The van der Waals surface area contributed by atoms with Gasteiger partial charge >= 0.3 is 18.1 Å². The number of fused-ring (bicyclic) bond motifs is 2. The van der Waals surface area contributed by atoms with Crippen LogP contribution in [0.25, 0.3) is 0 Å². The van der Waals surface area contributed by atoms with Crippen LogP contribution in [0, 0.1) is 0 Å². The Bertz CT molecular complexity index is 1040. The molecule has 0 spiro atoms. The number of carbonyl (C=O) groups excluding carboxylic acids is 1. The maximum Gasteiger partial charge on any atom is 0.416 e. The molecule has 2 aromatic rings. The number of carboxylic acid groups (broad SMARTS) is 2. The number of morpholine rings is 1. The molecular weight excluding hydrogens is 465 g/mol. The molecule has 0 aliphatic carbocycles. The molecule has 4 rings (SSSR count). The van der Waals surface area contributed by atoms with Gasteiger partial charge in [-0.1, -0.05) is 23.9 Å². The van der Waals surface area contributed by atoms with Crippen molar-refractivity contribution >= 4 is 41.0 Å². The number of anilines is 2. The number of aliphatic carboxylic acids is 2. The van der Waals surface area contributed by atoms with Crippen molar-refractivity contribution in [1.29, 1.82) is 0 Å². The molecule has 0 radical (unpaired) electrons. The van der Waals surface area contributed by atoms with Gasteiger partial charge in [0, 0.05) is 22.9 Å². The molecule has 2 N–H and O–H groups in total. The molecule has 2 heterocycles. The maximum absolute atomic E-state index is 13.2. The second kappa shape index (κ2) is 10.2. The predicted octanol–water partition coefficient (Wildman–Crippen LogP) is 3.32. The summed E-state index contributed by atoms with van der Waals surface area (Å²) in [5.41, 5.74) is 0.143. The topological polar surface area (TPSA) is 107 Å². The maximum atomic E-state index is 13.2. The first kappa shape index (κ1) is 24.6. The Morgan fingerprint density at radius 3 is 2.15 bits per heavy atom. The summed E-state index contributed by atoms with van der Waals surface area (Å²) in [4.78, 5) is 36.2. The van der Waals surface area contributed by atoms with Gasteiger partial charge in [0.25, 0.3) is 0 Å². The van der Waals surface area contributed by atoms with Gasteiger partial charge in [-0.05, 0) is 30.3 Å². The highest BCUT2D eigenvalue weighted by atomic mass is 32.2. The number of alkyl halides is 3. The minimum atomic E-state index is -4.46. The monoisotopic (exact) mass is 484 g/mol. The van der Waals surface area contributed by atoms with E-state index in [0.717, 1.165) is 17.0 Å². The number of hydrogen-bond acceptors (Lipinski definition) is 6. The number of ether oxygens (including phenoxy) is 1. The van der Waals surface area contributed by atoms with Crippen molar-refractivity contribution in [2.45, 2.75) is 16.0 Å². The quantitative estimate of drug-likeness (QED) is 0.626. The second-order valence-corrected chi connectivity index (χ2v) is 8.06. The third-order valence-electron chi connectivity index (χ3n) is 4.75. The molecule has 2 aromatic carbocycles. The van der Waals surface area contributed by atoms with Crippen LogP contribution in [-0.4, -0.2) is 65.8 Å². The highest BCUT2D eigenvalue weighted by Gasteiger charge is 2.35. The van der Waals surface area contributed by atoms with Crippen LogP contribution in [0.5, 0.6) is 0 Å². The Kier molecular flexibility index (Phi) is 7.61. The van der Waals surface area contributed by atoms with E-state index in [1.807, 2.05) is 17.0 Å². The van der Waals surface area contributed by atoms with Gasteiger partial charge in [-0.2, -0.15) is 13.2 Å². The van der Waals surface area contributed by atoms with Crippen molar-refractivity contribution in [1.82, 2.24) is 4.90 Å². The lowest BCUT2D eigenvalue weighted by Crippen LogP contribution is -2.44. The summed E-state index contributed by atoms with van der Waals surface area (Å²) < 4.78 is 45.0. The van der Waals surface area contributed by atoms with E-state index in [2.05, 4.69) is 0 Å². The van der Waals surface area contributed by atoms with E-state index >= 15 is 0 Å². The summed E-state index contributed by atoms with van der Waals surface area (Å²) in [6.45, 7) is 2.50. The highest BCUT2D eigenvalue weighted by molar-refractivity contribution is 7.99. The van der Waals surface area contributed by atoms with Crippen LogP contribution in [0.3, 0.4) is 0 Å². The molecule has 0 aromatic heterocycles. The number of hydrogen-bond donors (Lipinski definition) is 2. The van der Waals surface area contributed by atoms with Crippen LogP contribution in [0.2, 0.25) is 0 Å². The lowest BCUT2D eigenvalue weighted by Gasteiger charge is -2.34. The van der Waals surface area contributed by atoms with Crippen molar-refractivity contribution in [3.8, 4) is 0 Å². The largest absolute Gasteiger partial charge is 0.473 e.